The molecule has 0 aliphatic carbocycles. The van der Waals surface area contributed by atoms with Crippen LogP contribution in [0.3, 0.4) is 0 Å². The van der Waals surface area contributed by atoms with Crippen molar-refractivity contribution in [2.75, 3.05) is 19.6 Å². The molecule has 1 aliphatic rings. The number of carbonyl (C=O) groups is 1. The smallest absolute Gasteiger partial charge is 0.251 e. The van der Waals surface area contributed by atoms with Gasteiger partial charge in [-0.25, -0.2) is 4.99 Å². The van der Waals surface area contributed by atoms with E-state index in [1.165, 1.54) is 19.3 Å². The number of hydrogen-bond acceptors (Lipinski definition) is 2. The van der Waals surface area contributed by atoms with Crippen LogP contribution in [0.4, 0.5) is 0 Å². The van der Waals surface area contributed by atoms with Crippen LogP contribution in [-0.4, -0.2) is 36.4 Å². The van der Waals surface area contributed by atoms with Gasteiger partial charge in [0.2, 0.25) is 0 Å². The van der Waals surface area contributed by atoms with E-state index in [0.717, 1.165) is 25.1 Å². The molecule has 0 spiro atoms. The topological polar surface area (TPSA) is 70.7 Å². The molecule has 0 saturated carbocycles. The number of likely N-dealkylation sites (tertiary alicyclic amines) is 1. The van der Waals surface area contributed by atoms with E-state index in [1.54, 1.807) is 0 Å². The number of piperidine rings is 1. The van der Waals surface area contributed by atoms with Gasteiger partial charge in [-0.05, 0) is 43.4 Å². The number of carbonyl (C=O) groups excluding carboxylic acids is 1. The van der Waals surface area contributed by atoms with Crippen molar-refractivity contribution >= 4 is 11.9 Å². The Balaban J connectivity index is 1.96. The molecular weight excluding hydrogens is 276 g/mol. The maximum atomic E-state index is 12.0. The van der Waals surface area contributed by atoms with Gasteiger partial charge in [0.1, 0.15) is 0 Å². The van der Waals surface area contributed by atoms with Crippen LogP contribution in [0.1, 0.15) is 48.5 Å². The second kappa shape index (κ2) is 8.41. The lowest BCUT2D eigenvalue weighted by atomic mass is 10.1. The van der Waals surface area contributed by atoms with Crippen molar-refractivity contribution in [2.45, 2.75) is 39.2 Å². The number of hydrogen-bond donors (Lipinski definition) is 2. The van der Waals surface area contributed by atoms with Crippen molar-refractivity contribution in [2.24, 2.45) is 10.7 Å². The molecule has 120 valence electrons. The first-order valence-electron chi connectivity index (χ1n) is 8.12. The van der Waals surface area contributed by atoms with Gasteiger partial charge in [0, 0.05) is 25.2 Å². The number of nitrogens with one attached hydrogen (secondary N) is 1. The highest BCUT2D eigenvalue weighted by molar-refractivity contribution is 5.94. The van der Waals surface area contributed by atoms with Crippen molar-refractivity contribution in [3.05, 3.63) is 35.4 Å². The highest BCUT2D eigenvalue weighted by Gasteiger charge is 2.11. The molecule has 1 saturated heterocycles. The van der Waals surface area contributed by atoms with E-state index in [2.05, 4.69) is 15.2 Å². The lowest BCUT2D eigenvalue weighted by molar-refractivity contribution is 0.0953. The van der Waals surface area contributed by atoms with E-state index in [-0.39, 0.29) is 5.91 Å². The zero-order valence-corrected chi connectivity index (χ0v) is 13.3. The third-order valence-electron chi connectivity index (χ3n) is 3.83. The maximum absolute atomic E-state index is 12.0. The molecule has 3 N–H and O–H groups in total. The van der Waals surface area contributed by atoms with E-state index in [0.29, 0.717) is 24.6 Å². The zero-order chi connectivity index (χ0) is 15.8. The minimum Gasteiger partial charge on any atom is -0.370 e. The van der Waals surface area contributed by atoms with Crippen LogP contribution >= 0.6 is 0 Å². The Labute approximate surface area is 132 Å². The number of amides is 1. The average Bonchev–Trinajstić information content (AvgIpc) is 2.58. The van der Waals surface area contributed by atoms with Gasteiger partial charge in [-0.3, -0.25) is 4.79 Å². The normalized spacial score (nSPS) is 15.7. The van der Waals surface area contributed by atoms with Crippen LogP contribution in [0.5, 0.6) is 0 Å². The van der Waals surface area contributed by atoms with Gasteiger partial charge < -0.3 is 16.0 Å². The zero-order valence-electron chi connectivity index (χ0n) is 13.3. The van der Waals surface area contributed by atoms with Crippen molar-refractivity contribution in [3.63, 3.8) is 0 Å². The van der Waals surface area contributed by atoms with Crippen LogP contribution in [0.25, 0.3) is 0 Å². The standard InChI is InChI=1S/C17H26N4O/c1-2-9-19-16(22)15-8-6-7-14(12-15)13-20-17(18)21-10-4-3-5-11-21/h6-8,12H,2-5,9-11,13H2,1H3,(H2,18,20)(H,19,22). The highest BCUT2D eigenvalue weighted by atomic mass is 16.1. The van der Waals surface area contributed by atoms with Crippen molar-refractivity contribution in [1.82, 2.24) is 10.2 Å². The van der Waals surface area contributed by atoms with E-state index in [4.69, 9.17) is 5.73 Å². The summed E-state index contributed by atoms with van der Waals surface area (Å²) < 4.78 is 0. The lowest BCUT2D eigenvalue weighted by Crippen LogP contribution is -2.40. The molecule has 5 heteroatoms. The summed E-state index contributed by atoms with van der Waals surface area (Å²) in [7, 11) is 0. The first-order valence-corrected chi connectivity index (χ1v) is 8.12. The molecular formula is C17H26N4O. The molecule has 0 atom stereocenters. The molecule has 2 rings (SSSR count). The van der Waals surface area contributed by atoms with Gasteiger partial charge >= 0.3 is 0 Å². The summed E-state index contributed by atoms with van der Waals surface area (Å²) in [6.45, 7) is 5.23. The number of nitrogens with two attached hydrogens (primary N) is 1. The number of rotatable bonds is 5. The van der Waals surface area contributed by atoms with E-state index >= 15 is 0 Å². The first-order chi connectivity index (χ1) is 10.7. The minimum atomic E-state index is -0.0308. The van der Waals surface area contributed by atoms with Crippen LogP contribution in [0.15, 0.2) is 29.3 Å². The summed E-state index contributed by atoms with van der Waals surface area (Å²) in [6, 6.07) is 7.58. The van der Waals surface area contributed by atoms with Crippen LogP contribution in [0.2, 0.25) is 0 Å². The number of nitrogens with zero attached hydrogens (tertiary/aromatic N) is 2. The Kier molecular flexibility index (Phi) is 6.25. The molecule has 5 nitrogen and oxygen atoms in total. The number of guanidine groups is 1. The summed E-state index contributed by atoms with van der Waals surface area (Å²) in [5.41, 5.74) is 7.74. The predicted molar refractivity (Wildman–Crippen MR) is 89.8 cm³/mol. The predicted octanol–water partition coefficient (Wildman–Crippen LogP) is 2.13. The molecule has 1 aromatic rings. The summed E-state index contributed by atoms with van der Waals surface area (Å²) in [5, 5.41) is 2.88. The lowest BCUT2D eigenvalue weighted by Gasteiger charge is -2.27. The van der Waals surface area contributed by atoms with E-state index < -0.39 is 0 Å². The van der Waals surface area contributed by atoms with Crippen molar-refractivity contribution < 1.29 is 4.79 Å². The first kappa shape index (κ1) is 16.3. The Morgan fingerprint density at radius 3 is 2.82 bits per heavy atom. The molecule has 1 aliphatic heterocycles. The molecule has 1 heterocycles. The van der Waals surface area contributed by atoms with Gasteiger partial charge in [-0.15, -0.1) is 0 Å². The van der Waals surface area contributed by atoms with Crippen molar-refractivity contribution in [3.8, 4) is 0 Å². The molecule has 22 heavy (non-hydrogen) atoms. The van der Waals surface area contributed by atoms with Crippen LogP contribution < -0.4 is 11.1 Å². The molecule has 1 fully saturated rings. The molecule has 0 unspecified atom stereocenters. The molecule has 0 bridgehead atoms. The maximum Gasteiger partial charge on any atom is 0.251 e. The largest absolute Gasteiger partial charge is 0.370 e. The second-order valence-electron chi connectivity index (χ2n) is 5.68. The van der Waals surface area contributed by atoms with Gasteiger partial charge in [0.15, 0.2) is 5.96 Å². The fraction of sp³-hybridized carbons (Fsp3) is 0.529. The third-order valence-corrected chi connectivity index (χ3v) is 3.83. The van der Waals surface area contributed by atoms with Gasteiger partial charge in [0.05, 0.1) is 6.54 Å². The number of aliphatic imine (C=N–C) groups is 1. The van der Waals surface area contributed by atoms with E-state index in [1.807, 2.05) is 31.2 Å². The summed E-state index contributed by atoms with van der Waals surface area (Å²) >= 11 is 0. The van der Waals surface area contributed by atoms with Gasteiger partial charge in [0.25, 0.3) is 5.91 Å². The van der Waals surface area contributed by atoms with Crippen LogP contribution in [0, 0.1) is 0 Å². The summed E-state index contributed by atoms with van der Waals surface area (Å²) in [5.74, 6) is 0.581. The Hall–Kier alpha value is -2.04. The second-order valence-corrected chi connectivity index (χ2v) is 5.68. The SMILES string of the molecule is CCCNC(=O)c1cccc(CN=C(N)N2CCCCC2)c1. The monoisotopic (exact) mass is 302 g/mol. The average molecular weight is 302 g/mol. The molecule has 1 amide bonds. The summed E-state index contributed by atoms with van der Waals surface area (Å²) in [6.07, 6.45) is 4.58. The fourth-order valence-electron chi connectivity index (χ4n) is 2.55. The van der Waals surface area contributed by atoms with Gasteiger partial charge in [-0.1, -0.05) is 19.1 Å². The Bertz CT molecular complexity index is 521. The fourth-order valence-corrected chi connectivity index (χ4v) is 2.55. The summed E-state index contributed by atoms with van der Waals surface area (Å²) in [4.78, 5) is 18.6. The molecule has 0 radical (unpaired) electrons. The number of benzene rings is 1. The van der Waals surface area contributed by atoms with Crippen LogP contribution in [-0.2, 0) is 6.54 Å². The Morgan fingerprint density at radius 1 is 1.32 bits per heavy atom. The third kappa shape index (κ3) is 4.76. The van der Waals surface area contributed by atoms with Gasteiger partial charge in [-0.2, -0.15) is 0 Å². The molecule has 0 aromatic heterocycles. The van der Waals surface area contributed by atoms with E-state index in [9.17, 15) is 4.79 Å². The Morgan fingerprint density at radius 2 is 2.09 bits per heavy atom. The highest BCUT2D eigenvalue weighted by Crippen LogP contribution is 2.10. The molecule has 1 aromatic carbocycles. The van der Waals surface area contributed by atoms with Crippen molar-refractivity contribution in [1.29, 1.82) is 0 Å². The quantitative estimate of drug-likeness (QED) is 0.646. The minimum absolute atomic E-state index is 0.0308.